The quantitative estimate of drug-likeness (QED) is 0.743. The van der Waals surface area contributed by atoms with Crippen LogP contribution >= 0.6 is 0 Å². The summed E-state index contributed by atoms with van der Waals surface area (Å²) in [6.45, 7) is 9.76. The number of aromatic nitrogens is 2. The molecular weight excluding hydrogens is 282 g/mol. The van der Waals surface area contributed by atoms with Gasteiger partial charge in [-0.05, 0) is 26.8 Å². The molecule has 0 aromatic carbocycles. The standard InChI is InChI=1S/C15H23N5O2/c1-4-19(5-2)14(22)13-10-12(3)16-15(17-13)20-8-6-18(11-21)7-9-20/h10-11H,4-9H2,1-3H3. The summed E-state index contributed by atoms with van der Waals surface area (Å²) in [5, 5.41) is 0. The van der Waals surface area contributed by atoms with Crippen LogP contribution in [0.5, 0.6) is 0 Å². The number of piperazine rings is 1. The Morgan fingerprint density at radius 1 is 1.23 bits per heavy atom. The van der Waals surface area contributed by atoms with Gasteiger partial charge < -0.3 is 14.7 Å². The zero-order valence-electron chi connectivity index (χ0n) is 13.4. The van der Waals surface area contributed by atoms with Gasteiger partial charge >= 0.3 is 0 Å². The lowest BCUT2D eigenvalue weighted by atomic mass is 10.3. The number of hydrogen-bond acceptors (Lipinski definition) is 5. The SMILES string of the molecule is CCN(CC)C(=O)c1cc(C)nc(N2CCN(C=O)CC2)n1. The molecule has 2 amide bonds. The summed E-state index contributed by atoms with van der Waals surface area (Å²) in [7, 11) is 0. The van der Waals surface area contributed by atoms with Crippen LogP contribution < -0.4 is 4.90 Å². The molecule has 0 saturated carbocycles. The van der Waals surface area contributed by atoms with Crippen molar-refractivity contribution in [2.24, 2.45) is 0 Å². The van der Waals surface area contributed by atoms with Gasteiger partial charge in [0.2, 0.25) is 12.4 Å². The van der Waals surface area contributed by atoms with Crippen molar-refractivity contribution in [3.63, 3.8) is 0 Å². The van der Waals surface area contributed by atoms with Gasteiger partial charge in [0.1, 0.15) is 5.69 Å². The van der Waals surface area contributed by atoms with Crippen LogP contribution in [-0.2, 0) is 4.79 Å². The van der Waals surface area contributed by atoms with E-state index in [1.807, 2.05) is 25.7 Å². The Bertz CT molecular complexity index is 537. The highest BCUT2D eigenvalue weighted by Crippen LogP contribution is 2.14. The van der Waals surface area contributed by atoms with Crippen LogP contribution in [0.15, 0.2) is 6.07 Å². The largest absolute Gasteiger partial charge is 0.342 e. The van der Waals surface area contributed by atoms with Gasteiger partial charge in [-0.1, -0.05) is 0 Å². The van der Waals surface area contributed by atoms with Crippen LogP contribution in [0.4, 0.5) is 5.95 Å². The highest BCUT2D eigenvalue weighted by atomic mass is 16.2. The number of nitrogens with zero attached hydrogens (tertiary/aromatic N) is 5. The molecule has 22 heavy (non-hydrogen) atoms. The van der Waals surface area contributed by atoms with Gasteiger partial charge in [0.25, 0.3) is 5.91 Å². The number of carbonyl (C=O) groups is 2. The summed E-state index contributed by atoms with van der Waals surface area (Å²) in [5.74, 6) is 0.504. The first kappa shape index (κ1) is 16.2. The average Bonchev–Trinajstić information content (AvgIpc) is 2.55. The smallest absolute Gasteiger partial charge is 0.272 e. The van der Waals surface area contributed by atoms with E-state index >= 15 is 0 Å². The van der Waals surface area contributed by atoms with Gasteiger partial charge in [-0.2, -0.15) is 0 Å². The molecular formula is C15H23N5O2. The van der Waals surface area contributed by atoms with Gasteiger partial charge in [-0.25, -0.2) is 9.97 Å². The first-order chi connectivity index (χ1) is 10.6. The zero-order valence-corrected chi connectivity index (χ0v) is 13.4. The van der Waals surface area contributed by atoms with Gasteiger partial charge in [-0.3, -0.25) is 9.59 Å². The number of aryl methyl sites for hydroxylation is 1. The lowest BCUT2D eigenvalue weighted by Crippen LogP contribution is -2.46. The number of carbonyl (C=O) groups excluding carboxylic acids is 2. The minimum Gasteiger partial charge on any atom is -0.342 e. The van der Waals surface area contributed by atoms with Crippen molar-refractivity contribution in [1.29, 1.82) is 0 Å². The lowest BCUT2D eigenvalue weighted by molar-refractivity contribution is -0.118. The van der Waals surface area contributed by atoms with Crippen LogP contribution in [0.25, 0.3) is 0 Å². The third-order valence-electron chi connectivity index (χ3n) is 3.86. The van der Waals surface area contributed by atoms with E-state index in [1.165, 1.54) is 0 Å². The molecule has 2 rings (SSSR count). The van der Waals surface area contributed by atoms with Gasteiger partial charge in [0.15, 0.2) is 0 Å². The number of hydrogen-bond donors (Lipinski definition) is 0. The maximum absolute atomic E-state index is 12.5. The van der Waals surface area contributed by atoms with E-state index in [0.717, 1.165) is 12.1 Å². The Hall–Kier alpha value is -2.18. The van der Waals surface area contributed by atoms with Gasteiger partial charge in [-0.15, -0.1) is 0 Å². The Morgan fingerprint density at radius 2 is 1.86 bits per heavy atom. The Kier molecular flexibility index (Phi) is 5.30. The van der Waals surface area contributed by atoms with Crippen LogP contribution in [0.1, 0.15) is 30.0 Å². The molecule has 1 aromatic heterocycles. The summed E-state index contributed by atoms with van der Waals surface area (Å²) in [4.78, 5) is 37.6. The first-order valence-corrected chi connectivity index (χ1v) is 7.68. The molecule has 2 heterocycles. The molecule has 0 radical (unpaired) electrons. The molecule has 1 aliphatic heterocycles. The van der Waals surface area contributed by atoms with E-state index in [-0.39, 0.29) is 5.91 Å². The molecule has 7 nitrogen and oxygen atoms in total. The third-order valence-corrected chi connectivity index (χ3v) is 3.86. The monoisotopic (exact) mass is 305 g/mol. The van der Waals surface area contributed by atoms with E-state index in [2.05, 4.69) is 9.97 Å². The van der Waals surface area contributed by atoms with Crippen molar-refractivity contribution < 1.29 is 9.59 Å². The van der Waals surface area contributed by atoms with E-state index in [4.69, 9.17) is 0 Å². The van der Waals surface area contributed by atoms with Crippen molar-refractivity contribution in [3.8, 4) is 0 Å². The molecule has 0 spiro atoms. The van der Waals surface area contributed by atoms with Crippen LogP contribution in [0, 0.1) is 6.92 Å². The molecule has 0 aliphatic carbocycles. The minimum absolute atomic E-state index is 0.0664. The Morgan fingerprint density at radius 3 is 2.41 bits per heavy atom. The van der Waals surface area contributed by atoms with Gasteiger partial charge in [0, 0.05) is 45.0 Å². The molecule has 0 atom stereocenters. The Balaban J connectivity index is 2.20. The van der Waals surface area contributed by atoms with E-state index in [9.17, 15) is 9.59 Å². The molecule has 0 N–H and O–H groups in total. The summed E-state index contributed by atoms with van der Waals surface area (Å²) in [5.41, 5.74) is 1.21. The second kappa shape index (κ2) is 7.20. The molecule has 0 bridgehead atoms. The van der Waals surface area contributed by atoms with Crippen LogP contribution in [-0.4, -0.2) is 71.4 Å². The number of anilines is 1. The summed E-state index contributed by atoms with van der Waals surface area (Å²) < 4.78 is 0. The lowest BCUT2D eigenvalue weighted by Gasteiger charge is -2.32. The van der Waals surface area contributed by atoms with Crippen LogP contribution in [0.3, 0.4) is 0 Å². The molecule has 7 heteroatoms. The highest BCUT2D eigenvalue weighted by molar-refractivity contribution is 5.92. The van der Waals surface area contributed by atoms with E-state index in [1.54, 1.807) is 15.9 Å². The van der Waals surface area contributed by atoms with Crippen molar-refractivity contribution in [3.05, 3.63) is 17.5 Å². The van der Waals surface area contributed by atoms with Crippen molar-refractivity contribution in [1.82, 2.24) is 19.8 Å². The molecule has 0 unspecified atom stereocenters. The van der Waals surface area contributed by atoms with Crippen LogP contribution in [0.2, 0.25) is 0 Å². The fourth-order valence-corrected chi connectivity index (χ4v) is 2.50. The predicted octanol–water partition coefficient (Wildman–Crippen LogP) is 0.545. The average molecular weight is 305 g/mol. The maximum Gasteiger partial charge on any atom is 0.272 e. The second-order valence-corrected chi connectivity index (χ2v) is 5.30. The molecule has 1 aliphatic rings. The molecule has 1 aromatic rings. The fourth-order valence-electron chi connectivity index (χ4n) is 2.50. The first-order valence-electron chi connectivity index (χ1n) is 7.68. The third kappa shape index (κ3) is 3.52. The Labute approximate surface area is 130 Å². The summed E-state index contributed by atoms with van der Waals surface area (Å²) >= 11 is 0. The summed E-state index contributed by atoms with van der Waals surface area (Å²) in [6, 6.07) is 1.73. The zero-order chi connectivity index (χ0) is 16.1. The van der Waals surface area contributed by atoms with Crippen molar-refractivity contribution >= 4 is 18.3 Å². The summed E-state index contributed by atoms with van der Waals surface area (Å²) in [6.07, 6.45) is 0.865. The predicted molar refractivity (Wildman–Crippen MR) is 83.9 cm³/mol. The molecule has 1 saturated heterocycles. The maximum atomic E-state index is 12.5. The fraction of sp³-hybridized carbons (Fsp3) is 0.600. The van der Waals surface area contributed by atoms with E-state index < -0.39 is 0 Å². The second-order valence-electron chi connectivity index (χ2n) is 5.30. The van der Waals surface area contributed by atoms with Crippen molar-refractivity contribution in [2.75, 3.05) is 44.2 Å². The minimum atomic E-state index is -0.0664. The van der Waals surface area contributed by atoms with Crippen molar-refractivity contribution in [2.45, 2.75) is 20.8 Å². The number of amides is 2. The molecule has 1 fully saturated rings. The van der Waals surface area contributed by atoms with E-state index in [0.29, 0.717) is 50.9 Å². The molecule has 120 valence electrons. The van der Waals surface area contributed by atoms with Gasteiger partial charge in [0.05, 0.1) is 0 Å². The topological polar surface area (TPSA) is 69.6 Å². The normalized spacial score (nSPS) is 14.9. The highest BCUT2D eigenvalue weighted by Gasteiger charge is 2.21. The number of rotatable bonds is 5.